The smallest absolute Gasteiger partial charge is 0.408 e. The lowest BCUT2D eigenvalue weighted by atomic mass is 9.99. The van der Waals surface area contributed by atoms with Crippen LogP contribution in [0.15, 0.2) is 18.2 Å². The number of benzene rings is 1. The Morgan fingerprint density at radius 2 is 1.76 bits per heavy atom. The quantitative estimate of drug-likeness (QED) is 0.171. The Hall–Kier alpha value is -3.83. The third-order valence-electron chi connectivity index (χ3n) is 5.96. The Balaban J connectivity index is 3.50. The number of nitrogens with one attached hydrogen (secondary N) is 2. The zero-order valence-corrected chi connectivity index (χ0v) is 25.1. The van der Waals surface area contributed by atoms with Gasteiger partial charge in [-0.25, -0.2) is 4.79 Å². The third-order valence-corrected chi connectivity index (χ3v) is 5.96. The summed E-state index contributed by atoms with van der Waals surface area (Å²) in [5.74, 6) is -2.60. The molecule has 0 spiro atoms. The highest BCUT2D eigenvalue weighted by Crippen LogP contribution is 2.28. The Bertz CT molecular complexity index is 1050. The van der Waals surface area contributed by atoms with Crippen LogP contribution in [-0.4, -0.2) is 71.1 Å². The number of esters is 1. The van der Waals surface area contributed by atoms with Gasteiger partial charge in [0, 0.05) is 13.1 Å². The second-order valence-corrected chi connectivity index (χ2v) is 10.8. The zero-order valence-electron chi connectivity index (χ0n) is 25.1. The van der Waals surface area contributed by atoms with E-state index in [1.165, 1.54) is 17.0 Å². The van der Waals surface area contributed by atoms with Crippen molar-refractivity contribution in [3.05, 3.63) is 29.3 Å². The molecule has 0 heterocycles. The number of hydrogen-bond acceptors (Lipinski definition) is 8. The van der Waals surface area contributed by atoms with Crippen molar-refractivity contribution in [2.45, 2.75) is 97.8 Å². The summed E-state index contributed by atoms with van der Waals surface area (Å²) >= 11 is 0. The number of ether oxygens (including phenoxy) is 2. The minimum Gasteiger partial charge on any atom is -0.508 e. The number of aryl methyl sites for hydroxylation is 1. The molecular formula is C29H46N4O8. The first-order chi connectivity index (χ1) is 19.2. The number of phenols is 1. The molecule has 0 aliphatic rings. The van der Waals surface area contributed by atoms with Crippen LogP contribution in [0.2, 0.25) is 0 Å². The highest BCUT2D eigenvalue weighted by atomic mass is 16.6. The molecule has 12 nitrogen and oxygen atoms in total. The van der Waals surface area contributed by atoms with E-state index in [0.29, 0.717) is 17.5 Å². The molecule has 2 atom stereocenters. The lowest BCUT2D eigenvalue weighted by Gasteiger charge is -2.34. The molecule has 1 aromatic carbocycles. The van der Waals surface area contributed by atoms with Crippen molar-refractivity contribution in [1.82, 2.24) is 15.5 Å². The summed E-state index contributed by atoms with van der Waals surface area (Å²) in [5.41, 5.74) is 5.43. The van der Waals surface area contributed by atoms with E-state index >= 15 is 0 Å². The molecule has 0 fully saturated rings. The molecule has 0 saturated heterocycles. The number of hydrogen-bond donors (Lipinski definition) is 4. The van der Waals surface area contributed by atoms with Gasteiger partial charge in [0.2, 0.25) is 17.7 Å². The monoisotopic (exact) mass is 578 g/mol. The van der Waals surface area contributed by atoms with Crippen LogP contribution in [0.5, 0.6) is 5.75 Å². The predicted molar refractivity (Wildman–Crippen MR) is 153 cm³/mol. The molecular weight excluding hydrogens is 532 g/mol. The number of carbonyl (C=O) groups excluding carboxylic acids is 5. The first-order valence-electron chi connectivity index (χ1n) is 14.0. The first-order valence-corrected chi connectivity index (χ1v) is 14.0. The summed E-state index contributed by atoms with van der Waals surface area (Å²) in [5, 5.41) is 15.2. The topological polar surface area (TPSA) is 177 Å². The summed E-state index contributed by atoms with van der Waals surface area (Å²) in [6.07, 6.45) is 1.64. The van der Waals surface area contributed by atoms with Crippen molar-refractivity contribution >= 4 is 29.8 Å². The maximum absolute atomic E-state index is 14.0. The van der Waals surface area contributed by atoms with Gasteiger partial charge in [-0.1, -0.05) is 32.3 Å². The SMILES string of the molecule is CCCCCCN(C(=O)C(CC(N)=O)NC(=O)OC(C)(C)C)C(C(=O)NCCC(=O)OCC)c1ccc(O)c(C)c1. The number of primary amides is 1. The Kier molecular flexibility index (Phi) is 14.7. The largest absolute Gasteiger partial charge is 0.508 e. The van der Waals surface area contributed by atoms with Crippen molar-refractivity contribution < 1.29 is 38.6 Å². The van der Waals surface area contributed by atoms with Gasteiger partial charge < -0.3 is 35.8 Å². The molecule has 4 amide bonds. The number of carbonyl (C=O) groups is 5. The number of rotatable bonds is 16. The molecule has 0 radical (unpaired) electrons. The van der Waals surface area contributed by atoms with E-state index in [9.17, 15) is 29.1 Å². The van der Waals surface area contributed by atoms with Gasteiger partial charge in [-0.05, 0) is 64.3 Å². The Labute approximate surface area is 242 Å². The van der Waals surface area contributed by atoms with Crippen molar-refractivity contribution in [2.24, 2.45) is 5.73 Å². The minimum absolute atomic E-state index is 0.00855. The average Bonchev–Trinajstić information content (AvgIpc) is 2.85. The van der Waals surface area contributed by atoms with Crippen molar-refractivity contribution in [2.75, 3.05) is 19.7 Å². The van der Waals surface area contributed by atoms with E-state index < -0.39 is 53.9 Å². The lowest BCUT2D eigenvalue weighted by molar-refractivity contribution is -0.144. The van der Waals surface area contributed by atoms with Crippen LogP contribution in [0.25, 0.3) is 0 Å². The molecule has 1 aromatic rings. The second kappa shape index (κ2) is 17.1. The van der Waals surface area contributed by atoms with Crippen LogP contribution in [0.4, 0.5) is 4.79 Å². The van der Waals surface area contributed by atoms with E-state index in [1.807, 2.05) is 6.92 Å². The molecule has 0 aromatic heterocycles. The van der Waals surface area contributed by atoms with Gasteiger partial charge in [0.25, 0.3) is 0 Å². The lowest BCUT2D eigenvalue weighted by Crippen LogP contribution is -2.54. The number of amides is 4. The number of aromatic hydroxyl groups is 1. The van der Waals surface area contributed by atoms with E-state index in [2.05, 4.69) is 10.6 Å². The predicted octanol–water partition coefficient (Wildman–Crippen LogP) is 2.99. The van der Waals surface area contributed by atoms with Crippen LogP contribution in [-0.2, 0) is 28.7 Å². The maximum Gasteiger partial charge on any atom is 0.408 e. The van der Waals surface area contributed by atoms with Gasteiger partial charge in [0.05, 0.1) is 19.4 Å². The van der Waals surface area contributed by atoms with Gasteiger partial charge in [0.1, 0.15) is 23.4 Å². The zero-order chi connectivity index (χ0) is 31.2. The van der Waals surface area contributed by atoms with Crippen LogP contribution in [0.3, 0.4) is 0 Å². The minimum atomic E-state index is -1.40. The van der Waals surface area contributed by atoms with Gasteiger partial charge in [0.15, 0.2) is 0 Å². The summed E-state index contributed by atoms with van der Waals surface area (Å²) in [7, 11) is 0. The van der Waals surface area contributed by atoms with Crippen LogP contribution < -0.4 is 16.4 Å². The maximum atomic E-state index is 14.0. The molecule has 2 unspecified atom stereocenters. The van der Waals surface area contributed by atoms with E-state index in [4.69, 9.17) is 15.2 Å². The molecule has 0 aliphatic carbocycles. The fourth-order valence-corrected chi connectivity index (χ4v) is 4.07. The average molecular weight is 579 g/mol. The highest BCUT2D eigenvalue weighted by molar-refractivity contribution is 5.94. The standard InChI is InChI=1S/C29H46N4O8/c1-7-9-10-11-16-33(27(38)21(18-23(30)35)32-28(39)41-29(4,5)6)25(20-12-13-22(34)19(3)17-20)26(37)31-15-14-24(36)40-8-2/h12-13,17,21,25,34H,7-11,14-16,18H2,1-6H3,(H2,30,35)(H,31,37)(H,32,39). The van der Waals surface area contributed by atoms with E-state index in [0.717, 1.165) is 19.3 Å². The van der Waals surface area contributed by atoms with Crippen LogP contribution in [0, 0.1) is 6.92 Å². The van der Waals surface area contributed by atoms with Crippen molar-refractivity contribution in [3.8, 4) is 5.75 Å². The second-order valence-electron chi connectivity index (χ2n) is 10.8. The van der Waals surface area contributed by atoms with Crippen LogP contribution in [0.1, 0.15) is 90.3 Å². The fourth-order valence-electron chi connectivity index (χ4n) is 4.07. The van der Waals surface area contributed by atoms with Crippen LogP contribution >= 0.6 is 0 Å². The van der Waals surface area contributed by atoms with Gasteiger partial charge in [-0.15, -0.1) is 0 Å². The molecule has 230 valence electrons. The number of alkyl carbamates (subject to hydrolysis) is 1. The van der Waals surface area contributed by atoms with Gasteiger partial charge >= 0.3 is 12.1 Å². The van der Waals surface area contributed by atoms with Gasteiger partial charge in [-0.2, -0.15) is 0 Å². The summed E-state index contributed by atoms with van der Waals surface area (Å²) in [4.78, 5) is 65.3. The molecule has 5 N–H and O–H groups in total. The fraction of sp³-hybridized carbons (Fsp3) is 0.621. The van der Waals surface area contributed by atoms with Crippen molar-refractivity contribution in [3.63, 3.8) is 0 Å². The number of unbranched alkanes of at least 4 members (excludes halogenated alkanes) is 3. The van der Waals surface area contributed by atoms with Crippen molar-refractivity contribution in [1.29, 1.82) is 0 Å². The van der Waals surface area contributed by atoms with E-state index in [-0.39, 0.29) is 31.9 Å². The Morgan fingerprint density at radius 3 is 2.32 bits per heavy atom. The molecule has 1 rings (SSSR count). The molecule has 0 aliphatic heterocycles. The van der Waals surface area contributed by atoms with Gasteiger partial charge in [-0.3, -0.25) is 19.2 Å². The normalized spacial score (nSPS) is 12.5. The molecule has 0 bridgehead atoms. The first kappa shape index (κ1) is 35.2. The summed E-state index contributed by atoms with van der Waals surface area (Å²) in [6, 6.07) is 1.92. The molecule has 41 heavy (non-hydrogen) atoms. The van der Waals surface area contributed by atoms with E-state index in [1.54, 1.807) is 40.7 Å². The Morgan fingerprint density at radius 1 is 1.07 bits per heavy atom. The summed E-state index contributed by atoms with van der Waals surface area (Å²) in [6.45, 7) is 10.6. The highest BCUT2D eigenvalue weighted by Gasteiger charge is 2.37. The molecule has 12 heteroatoms. The number of nitrogens with zero attached hydrogens (tertiary/aromatic N) is 1. The number of phenolic OH excluding ortho intramolecular Hbond substituents is 1. The summed E-state index contributed by atoms with van der Waals surface area (Å²) < 4.78 is 10.2. The molecule has 0 saturated carbocycles. The number of nitrogens with two attached hydrogens (primary N) is 1. The third kappa shape index (κ3) is 12.9.